The van der Waals surface area contributed by atoms with Crippen LogP contribution in [0.25, 0.3) is 0 Å². The van der Waals surface area contributed by atoms with Gasteiger partial charge in [-0.1, -0.05) is 36.4 Å². The average Bonchev–Trinajstić information content (AvgIpc) is 2.53. The number of anilines is 2. The van der Waals surface area contributed by atoms with Crippen LogP contribution in [0.2, 0.25) is 0 Å². The highest BCUT2D eigenvalue weighted by Gasteiger charge is 2.23. The molecule has 2 aromatic rings. The second-order valence-corrected chi connectivity index (χ2v) is 5.41. The molecule has 1 aliphatic rings. The number of rotatable bonds is 4. The van der Waals surface area contributed by atoms with Crippen LogP contribution in [0, 0.1) is 0 Å². The van der Waals surface area contributed by atoms with Crippen molar-refractivity contribution in [2.75, 3.05) is 30.3 Å². The Hall–Kier alpha value is -2.00. The fraction of sp³-hybridized carbons (Fsp3) is 0.333. The molecule has 3 rings (SSSR count). The minimum absolute atomic E-state index is 0.120. The molecular formula is C18H22N2O. The number of likely N-dealkylation sites (N-methyl/N-ethyl adjacent to an activating group) is 1. The fourth-order valence-electron chi connectivity index (χ4n) is 3.00. The third-order valence-corrected chi connectivity index (χ3v) is 4.14. The molecule has 1 heterocycles. The van der Waals surface area contributed by atoms with Gasteiger partial charge in [-0.25, -0.2) is 0 Å². The van der Waals surface area contributed by atoms with Crippen molar-refractivity contribution in [3.05, 3.63) is 59.7 Å². The van der Waals surface area contributed by atoms with Crippen molar-refractivity contribution in [1.82, 2.24) is 0 Å². The number of nitrogen functional groups attached to an aromatic ring is 1. The molecule has 0 fully saturated rings. The maximum absolute atomic E-state index is 6.11. The van der Waals surface area contributed by atoms with Crippen molar-refractivity contribution in [1.29, 1.82) is 0 Å². The molecule has 21 heavy (non-hydrogen) atoms. The van der Waals surface area contributed by atoms with Gasteiger partial charge in [0.25, 0.3) is 0 Å². The van der Waals surface area contributed by atoms with Gasteiger partial charge in [0.05, 0.1) is 18.0 Å². The van der Waals surface area contributed by atoms with Crippen molar-refractivity contribution < 1.29 is 4.74 Å². The minimum Gasteiger partial charge on any atom is -0.397 e. The van der Waals surface area contributed by atoms with E-state index < -0.39 is 0 Å². The van der Waals surface area contributed by atoms with E-state index in [1.807, 2.05) is 18.2 Å². The lowest BCUT2D eigenvalue weighted by Crippen LogP contribution is -2.32. The first-order valence-corrected chi connectivity index (χ1v) is 7.58. The number of hydrogen-bond acceptors (Lipinski definition) is 3. The molecule has 0 bridgehead atoms. The molecule has 2 N–H and O–H groups in total. The van der Waals surface area contributed by atoms with Crippen molar-refractivity contribution in [3.8, 4) is 0 Å². The minimum atomic E-state index is 0.120. The molecule has 0 aromatic heterocycles. The number of nitrogens with zero attached hydrogens (tertiary/aromatic N) is 1. The van der Waals surface area contributed by atoms with Gasteiger partial charge in [-0.05, 0) is 36.6 Å². The van der Waals surface area contributed by atoms with Crippen LogP contribution in [-0.4, -0.2) is 19.7 Å². The number of fused-ring (bicyclic) bond motifs is 1. The maximum Gasteiger partial charge on any atom is 0.100 e. The molecule has 3 nitrogen and oxygen atoms in total. The van der Waals surface area contributed by atoms with Gasteiger partial charge in [-0.3, -0.25) is 0 Å². The molecule has 0 aliphatic carbocycles. The van der Waals surface area contributed by atoms with E-state index in [0.717, 1.165) is 37.5 Å². The lowest BCUT2D eigenvalue weighted by atomic mass is 9.97. The summed E-state index contributed by atoms with van der Waals surface area (Å²) in [6.07, 6.45) is 1.13. The van der Waals surface area contributed by atoms with Gasteiger partial charge in [0.15, 0.2) is 0 Å². The van der Waals surface area contributed by atoms with Crippen LogP contribution >= 0.6 is 0 Å². The zero-order valence-corrected chi connectivity index (χ0v) is 12.5. The fourth-order valence-corrected chi connectivity index (χ4v) is 3.00. The van der Waals surface area contributed by atoms with E-state index in [9.17, 15) is 0 Å². The Kier molecular flexibility index (Phi) is 4.11. The van der Waals surface area contributed by atoms with Gasteiger partial charge < -0.3 is 15.4 Å². The van der Waals surface area contributed by atoms with Crippen LogP contribution in [0.4, 0.5) is 11.4 Å². The predicted octanol–water partition coefficient (Wildman–Crippen LogP) is 3.41. The van der Waals surface area contributed by atoms with Crippen molar-refractivity contribution in [2.45, 2.75) is 19.4 Å². The summed E-state index contributed by atoms with van der Waals surface area (Å²) >= 11 is 0. The van der Waals surface area contributed by atoms with Crippen LogP contribution < -0.4 is 10.6 Å². The predicted molar refractivity (Wildman–Crippen MR) is 87.6 cm³/mol. The SMILES string of the molecule is CCN(CC1OCCc2ccccc21)c1ccccc1N. The third-order valence-electron chi connectivity index (χ3n) is 4.14. The number of hydrogen-bond donors (Lipinski definition) is 1. The first-order chi connectivity index (χ1) is 10.3. The smallest absolute Gasteiger partial charge is 0.100 e. The molecule has 1 atom stereocenters. The number of para-hydroxylation sites is 2. The molecule has 0 amide bonds. The Morgan fingerprint density at radius 1 is 1.14 bits per heavy atom. The Balaban J connectivity index is 1.84. The van der Waals surface area contributed by atoms with Gasteiger partial charge in [-0.2, -0.15) is 0 Å². The van der Waals surface area contributed by atoms with Crippen LogP contribution in [0.3, 0.4) is 0 Å². The highest BCUT2D eigenvalue weighted by atomic mass is 16.5. The second-order valence-electron chi connectivity index (χ2n) is 5.41. The highest BCUT2D eigenvalue weighted by Crippen LogP contribution is 2.30. The molecular weight excluding hydrogens is 260 g/mol. The summed E-state index contributed by atoms with van der Waals surface area (Å²) in [7, 11) is 0. The normalized spacial score (nSPS) is 17.3. The molecule has 1 aliphatic heterocycles. The first kappa shape index (κ1) is 14.0. The molecule has 0 saturated heterocycles. The third kappa shape index (κ3) is 2.88. The highest BCUT2D eigenvalue weighted by molar-refractivity contribution is 5.67. The summed E-state index contributed by atoms with van der Waals surface area (Å²) in [6, 6.07) is 16.6. The molecule has 0 radical (unpaired) electrons. The molecule has 3 heteroatoms. The molecule has 110 valence electrons. The summed E-state index contributed by atoms with van der Waals surface area (Å²) in [6.45, 7) is 4.70. The maximum atomic E-state index is 6.11. The van der Waals surface area contributed by atoms with E-state index in [4.69, 9.17) is 10.5 Å². The van der Waals surface area contributed by atoms with Crippen molar-refractivity contribution >= 4 is 11.4 Å². The zero-order chi connectivity index (χ0) is 14.7. The van der Waals surface area contributed by atoms with Gasteiger partial charge >= 0.3 is 0 Å². The van der Waals surface area contributed by atoms with Crippen LogP contribution in [0.15, 0.2) is 48.5 Å². The van der Waals surface area contributed by atoms with Gasteiger partial charge in [0.2, 0.25) is 0 Å². The Labute approximate surface area is 126 Å². The summed E-state index contributed by atoms with van der Waals surface area (Å²) in [5, 5.41) is 0. The lowest BCUT2D eigenvalue weighted by molar-refractivity contribution is 0.0472. The zero-order valence-electron chi connectivity index (χ0n) is 12.5. The van der Waals surface area contributed by atoms with Crippen LogP contribution in [0.1, 0.15) is 24.2 Å². The van der Waals surface area contributed by atoms with Crippen molar-refractivity contribution in [3.63, 3.8) is 0 Å². The number of nitrogens with two attached hydrogens (primary N) is 1. The summed E-state index contributed by atoms with van der Waals surface area (Å²) < 4.78 is 6.02. The first-order valence-electron chi connectivity index (χ1n) is 7.58. The molecule has 1 unspecified atom stereocenters. The molecule has 0 saturated carbocycles. The Bertz CT molecular complexity index is 612. The van der Waals surface area contributed by atoms with E-state index in [1.165, 1.54) is 11.1 Å². The van der Waals surface area contributed by atoms with Crippen LogP contribution in [-0.2, 0) is 11.2 Å². The quantitative estimate of drug-likeness (QED) is 0.873. The summed E-state index contributed by atoms with van der Waals surface area (Å²) in [4.78, 5) is 2.29. The Morgan fingerprint density at radius 2 is 1.90 bits per heavy atom. The van der Waals surface area contributed by atoms with Crippen LogP contribution in [0.5, 0.6) is 0 Å². The number of benzene rings is 2. The van der Waals surface area contributed by atoms with E-state index in [-0.39, 0.29) is 6.10 Å². The molecule has 2 aromatic carbocycles. The largest absolute Gasteiger partial charge is 0.397 e. The second kappa shape index (κ2) is 6.19. The average molecular weight is 282 g/mol. The molecule has 0 spiro atoms. The van der Waals surface area contributed by atoms with E-state index in [0.29, 0.717) is 0 Å². The summed E-state index contributed by atoms with van der Waals surface area (Å²) in [5.41, 5.74) is 10.8. The topological polar surface area (TPSA) is 38.5 Å². The lowest BCUT2D eigenvalue weighted by Gasteiger charge is -2.32. The van der Waals surface area contributed by atoms with E-state index >= 15 is 0 Å². The standard InChI is InChI=1S/C18H22N2O/c1-2-20(17-10-6-5-9-16(17)19)13-18-15-8-4-3-7-14(15)11-12-21-18/h3-10,18H,2,11-13,19H2,1H3. The van der Waals surface area contributed by atoms with E-state index in [2.05, 4.69) is 42.2 Å². The van der Waals surface area contributed by atoms with Gasteiger partial charge in [-0.15, -0.1) is 0 Å². The number of ether oxygens (including phenoxy) is 1. The van der Waals surface area contributed by atoms with Gasteiger partial charge in [0.1, 0.15) is 6.10 Å². The van der Waals surface area contributed by atoms with E-state index in [1.54, 1.807) is 0 Å². The van der Waals surface area contributed by atoms with Crippen molar-refractivity contribution in [2.24, 2.45) is 0 Å². The Morgan fingerprint density at radius 3 is 2.71 bits per heavy atom. The summed E-state index contributed by atoms with van der Waals surface area (Å²) in [5.74, 6) is 0. The monoisotopic (exact) mass is 282 g/mol. The van der Waals surface area contributed by atoms with Gasteiger partial charge in [0, 0.05) is 13.1 Å².